The second kappa shape index (κ2) is 7.28. The molecule has 0 saturated carbocycles. The van der Waals surface area contributed by atoms with Crippen LogP contribution in [0.4, 0.5) is 0 Å². The molecule has 0 aromatic heterocycles. The van der Waals surface area contributed by atoms with Crippen molar-refractivity contribution in [1.29, 1.82) is 0 Å². The molecule has 0 amide bonds. The van der Waals surface area contributed by atoms with E-state index in [-0.39, 0.29) is 13.2 Å². The molecule has 0 saturated heterocycles. The molecule has 0 aliphatic heterocycles. The normalized spacial score (nSPS) is 11.7. The van der Waals surface area contributed by atoms with Crippen LogP contribution in [0, 0.1) is 0 Å². The minimum absolute atomic E-state index is 0.209. The van der Waals surface area contributed by atoms with Crippen LogP contribution in [0.25, 0.3) is 6.08 Å². The van der Waals surface area contributed by atoms with Gasteiger partial charge in [-0.25, -0.2) is 13.1 Å². The fraction of sp³-hybridized carbons (Fsp3) is 0.250. The lowest BCUT2D eigenvalue weighted by Gasteiger charge is -2.02. The highest BCUT2D eigenvalue weighted by Crippen LogP contribution is 2.10. The Bertz CT molecular complexity index is 552. The molecule has 0 fully saturated rings. The number of benzene rings is 1. The van der Waals surface area contributed by atoms with Gasteiger partial charge in [0.15, 0.2) is 0 Å². The van der Waals surface area contributed by atoms with E-state index in [9.17, 15) is 13.2 Å². The van der Waals surface area contributed by atoms with E-state index in [0.29, 0.717) is 10.6 Å². The molecule has 0 aliphatic rings. The standard InChI is InChI=1S/C12H14ClNO4S/c1-2-18-12(15)9-14-19(16,17)8-7-10-3-5-11(13)6-4-10/h3-8,14H,2,9H2,1H3. The van der Waals surface area contributed by atoms with E-state index in [1.807, 2.05) is 0 Å². The summed E-state index contributed by atoms with van der Waals surface area (Å²) >= 11 is 5.71. The van der Waals surface area contributed by atoms with Crippen LogP contribution >= 0.6 is 11.6 Å². The number of esters is 1. The first kappa shape index (κ1) is 15.7. The topological polar surface area (TPSA) is 72.5 Å². The average Bonchev–Trinajstić information content (AvgIpc) is 2.36. The summed E-state index contributed by atoms with van der Waals surface area (Å²) in [6, 6.07) is 6.67. The van der Waals surface area contributed by atoms with E-state index in [2.05, 4.69) is 9.46 Å². The van der Waals surface area contributed by atoms with Crippen molar-refractivity contribution in [3.05, 3.63) is 40.3 Å². The number of ether oxygens (including phenoxy) is 1. The maximum absolute atomic E-state index is 11.5. The number of carbonyl (C=O) groups excluding carboxylic acids is 1. The maximum atomic E-state index is 11.5. The Morgan fingerprint density at radius 2 is 2.00 bits per heavy atom. The molecule has 0 unspecified atom stereocenters. The van der Waals surface area contributed by atoms with E-state index in [0.717, 1.165) is 5.41 Å². The molecule has 19 heavy (non-hydrogen) atoms. The van der Waals surface area contributed by atoms with E-state index < -0.39 is 16.0 Å². The first-order valence-electron chi connectivity index (χ1n) is 5.52. The third kappa shape index (κ3) is 6.37. The highest BCUT2D eigenvalue weighted by atomic mass is 35.5. The molecule has 5 nitrogen and oxygen atoms in total. The number of hydrogen-bond donors (Lipinski definition) is 1. The van der Waals surface area contributed by atoms with Gasteiger partial charge in [0.1, 0.15) is 6.54 Å². The summed E-state index contributed by atoms with van der Waals surface area (Å²) in [4.78, 5) is 11.0. The molecule has 7 heteroatoms. The smallest absolute Gasteiger partial charge is 0.321 e. The zero-order valence-electron chi connectivity index (χ0n) is 10.3. The molecule has 1 rings (SSSR count). The van der Waals surface area contributed by atoms with Gasteiger partial charge in [0.25, 0.3) is 0 Å². The summed E-state index contributed by atoms with van der Waals surface area (Å²) < 4.78 is 29.8. The summed E-state index contributed by atoms with van der Waals surface area (Å²) in [7, 11) is -3.67. The molecule has 1 N–H and O–H groups in total. The van der Waals surface area contributed by atoms with Crippen molar-refractivity contribution in [2.45, 2.75) is 6.92 Å². The zero-order valence-corrected chi connectivity index (χ0v) is 11.9. The number of rotatable bonds is 6. The highest BCUT2D eigenvalue weighted by molar-refractivity contribution is 7.92. The van der Waals surface area contributed by atoms with Crippen molar-refractivity contribution in [3.8, 4) is 0 Å². The van der Waals surface area contributed by atoms with Crippen molar-refractivity contribution >= 4 is 33.7 Å². The Kier molecular flexibility index (Phi) is 6.01. The third-order valence-electron chi connectivity index (χ3n) is 2.03. The van der Waals surface area contributed by atoms with Crippen LogP contribution < -0.4 is 4.72 Å². The number of carbonyl (C=O) groups is 1. The van der Waals surface area contributed by atoms with Crippen LogP contribution in [0.15, 0.2) is 29.7 Å². The number of nitrogens with one attached hydrogen (secondary N) is 1. The number of sulfonamides is 1. The number of halogens is 1. The maximum Gasteiger partial charge on any atom is 0.321 e. The van der Waals surface area contributed by atoms with Gasteiger partial charge in [-0.3, -0.25) is 4.79 Å². The van der Waals surface area contributed by atoms with Crippen molar-refractivity contribution < 1.29 is 17.9 Å². The Labute approximate surface area is 117 Å². The lowest BCUT2D eigenvalue weighted by Crippen LogP contribution is -2.29. The lowest BCUT2D eigenvalue weighted by atomic mass is 10.2. The predicted molar refractivity (Wildman–Crippen MR) is 74.0 cm³/mol. The van der Waals surface area contributed by atoms with Gasteiger partial charge in [-0.05, 0) is 30.7 Å². The second-order valence-corrected chi connectivity index (χ2v) is 5.61. The molecule has 0 bridgehead atoms. The van der Waals surface area contributed by atoms with Crippen molar-refractivity contribution in [2.75, 3.05) is 13.2 Å². The molecular weight excluding hydrogens is 290 g/mol. The lowest BCUT2D eigenvalue weighted by molar-refractivity contribution is -0.141. The molecule has 104 valence electrons. The summed E-state index contributed by atoms with van der Waals surface area (Å²) in [5.74, 6) is -0.619. The van der Waals surface area contributed by atoms with Crippen molar-refractivity contribution in [1.82, 2.24) is 4.72 Å². The SMILES string of the molecule is CCOC(=O)CNS(=O)(=O)C=Cc1ccc(Cl)cc1. The van der Waals surface area contributed by atoms with Gasteiger partial charge < -0.3 is 4.74 Å². The van der Waals surface area contributed by atoms with Gasteiger partial charge in [0.2, 0.25) is 10.0 Å². The predicted octanol–water partition coefficient (Wildman–Crippen LogP) is 1.79. The van der Waals surface area contributed by atoms with Gasteiger partial charge in [-0.1, -0.05) is 23.7 Å². The second-order valence-electron chi connectivity index (χ2n) is 3.53. The first-order valence-corrected chi connectivity index (χ1v) is 7.44. The van der Waals surface area contributed by atoms with Crippen LogP contribution in [0.3, 0.4) is 0 Å². The van der Waals surface area contributed by atoms with E-state index in [1.54, 1.807) is 31.2 Å². The Hall–Kier alpha value is -1.37. The van der Waals surface area contributed by atoms with Gasteiger partial charge in [0.05, 0.1) is 6.61 Å². The summed E-state index contributed by atoms with van der Waals surface area (Å²) in [6.07, 6.45) is 1.41. The first-order chi connectivity index (χ1) is 8.93. The summed E-state index contributed by atoms with van der Waals surface area (Å²) in [5, 5.41) is 1.55. The van der Waals surface area contributed by atoms with Crippen LogP contribution in [-0.4, -0.2) is 27.5 Å². The Morgan fingerprint density at radius 3 is 2.58 bits per heavy atom. The Morgan fingerprint density at radius 1 is 1.37 bits per heavy atom. The molecular formula is C12H14ClNO4S. The van der Waals surface area contributed by atoms with Crippen molar-refractivity contribution in [2.24, 2.45) is 0 Å². The van der Waals surface area contributed by atoms with E-state index in [4.69, 9.17) is 11.6 Å². The third-order valence-corrected chi connectivity index (χ3v) is 3.33. The van der Waals surface area contributed by atoms with Crippen LogP contribution in [0.1, 0.15) is 12.5 Å². The minimum Gasteiger partial charge on any atom is -0.465 e. The fourth-order valence-corrected chi connectivity index (χ4v) is 2.04. The highest BCUT2D eigenvalue weighted by Gasteiger charge is 2.08. The van der Waals surface area contributed by atoms with Gasteiger partial charge in [0, 0.05) is 10.4 Å². The average molecular weight is 304 g/mol. The van der Waals surface area contributed by atoms with Crippen LogP contribution in [0.5, 0.6) is 0 Å². The van der Waals surface area contributed by atoms with E-state index in [1.165, 1.54) is 6.08 Å². The molecule has 0 aliphatic carbocycles. The molecule has 0 heterocycles. The van der Waals surface area contributed by atoms with E-state index >= 15 is 0 Å². The molecule has 1 aromatic rings. The fourth-order valence-electron chi connectivity index (χ4n) is 1.16. The number of hydrogen-bond acceptors (Lipinski definition) is 4. The molecule has 0 radical (unpaired) electrons. The largest absolute Gasteiger partial charge is 0.465 e. The van der Waals surface area contributed by atoms with Crippen molar-refractivity contribution in [3.63, 3.8) is 0 Å². The quantitative estimate of drug-likeness (QED) is 0.813. The monoisotopic (exact) mass is 303 g/mol. The molecule has 1 aromatic carbocycles. The summed E-state index contributed by atoms with van der Waals surface area (Å²) in [6.45, 7) is 1.47. The van der Waals surface area contributed by atoms with Crippen LogP contribution in [0.2, 0.25) is 5.02 Å². The zero-order chi connectivity index (χ0) is 14.3. The van der Waals surface area contributed by atoms with Gasteiger partial charge >= 0.3 is 5.97 Å². The minimum atomic E-state index is -3.67. The Balaban J connectivity index is 2.59. The molecule has 0 spiro atoms. The van der Waals surface area contributed by atoms with Gasteiger partial charge in [-0.15, -0.1) is 0 Å². The summed E-state index contributed by atoms with van der Waals surface area (Å²) in [5.41, 5.74) is 0.686. The van der Waals surface area contributed by atoms with Gasteiger partial charge in [-0.2, -0.15) is 0 Å². The van der Waals surface area contributed by atoms with Crippen LogP contribution in [-0.2, 0) is 19.6 Å². The molecule has 0 atom stereocenters.